The van der Waals surface area contributed by atoms with E-state index in [9.17, 15) is 0 Å². The Hall–Kier alpha value is -1.24. The first-order chi connectivity index (χ1) is 7.81. The van der Waals surface area contributed by atoms with Crippen molar-refractivity contribution in [1.82, 2.24) is 10.1 Å². The van der Waals surface area contributed by atoms with Gasteiger partial charge in [0.15, 0.2) is 5.82 Å². The summed E-state index contributed by atoms with van der Waals surface area (Å²) in [6.07, 6.45) is 0. The Labute approximate surface area is 97.2 Å². The molecular weight excluding hydrogens is 226 g/mol. The zero-order chi connectivity index (χ0) is 11.4. The van der Waals surface area contributed by atoms with E-state index in [-0.39, 0.29) is 6.04 Å². The lowest BCUT2D eigenvalue weighted by molar-refractivity contribution is 0.126. The van der Waals surface area contributed by atoms with Crippen LogP contribution in [-0.2, 0) is 11.3 Å². The highest BCUT2D eigenvalue weighted by atomic mass is 32.1. The molecular formula is C10H13N3O2S. The van der Waals surface area contributed by atoms with Gasteiger partial charge in [0, 0.05) is 11.5 Å². The van der Waals surface area contributed by atoms with Crippen LogP contribution < -0.4 is 5.73 Å². The second kappa shape index (κ2) is 5.20. The predicted octanol–water partition coefficient (Wildman–Crippen LogP) is 1.72. The molecule has 5 nitrogen and oxygen atoms in total. The molecule has 0 saturated carbocycles. The molecule has 0 fully saturated rings. The number of aromatic nitrogens is 2. The van der Waals surface area contributed by atoms with Crippen molar-refractivity contribution in [1.29, 1.82) is 0 Å². The highest BCUT2D eigenvalue weighted by Crippen LogP contribution is 2.22. The van der Waals surface area contributed by atoms with Crippen LogP contribution in [0.3, 0.4) is 0 Å². The van der Waals surface area contributed by atoms with Crippen molar-refractivity contribution < 1.29 is 9.26 Å². The van der Waals surface area contributed by atoms with Gasteiger partial charge in [0.05, 0.1) is 0 Å². The van der Waals surface area contributed by atoms with Gasteiger partial charge in [-0.25, -0.2) is 0 Å². The maximum absolute atomic E-state index is 5.98. The third-order valence-electron chi connectivity index (χ3n) is 2.03. The number of hydrogen-bond acceptors (Lipinski definition) is 6. The van der Waals surface area contributed by atoms with Gasteiger partial charge in [-0.05, 0) is 18.4 Å². The molecule has 1 unspecified atom stereocenters. The van der Waals surface area contributed by atoms with Crippen molar-refractivity contribution in [3.8, 4) is 0 Å². The molecule has 2 aromatic rings. The summed E-state index contributed by atoms with van der Waals surface area (Å²) in [7, 11) is 0. The first kappa shape index (κ1) is 11.3. The summed E-state index contributed by atoms with van der Waals surface area (Å²) in [5.41, 5.74) is 5.98. The van der Waals surface area contributed by atoms with Crippen molar-refractivity contribution in [2.45, 2.75) is 19.6 Å². The van der Waals surface area contributed by atoms with Crippen LogP contribution in [0.4, 0.5) is 0 Å². The minimum Gasteiger partial charge on any atom is -0.374 e. The van der Waals surface area contributed by atoms with Crippen molar-refractivity contribution >= 4 is 11.3 Å². The Bertz CT molecular complexity index is 427. The Balaban J connectivity index is 2.06. The van der Waals surface area contributed by atoms with Gasteiger partial charge in [-0.2, -0.15) is 4.98 Å². The van der Waals surface area contributed by atoms with Crippen molar-refractivity contribution in [3.63, 3.8) is 0 Å². The third-order valence-corrected chi connectivity index (χ3v) is 2.99. The minimum atomic E-state index is -0.345. The van der Waals surface area contributed by atoms with Crippen LogP contribution in [0, 0.1) is 0 Å². The largest absolute Gasteiger partial charge is 0.374 e. The van der Waals surface area contributed by atoms with Crippen molar-refractivity contribution in [3.05, 3.63) is 34.1 Å². The lowest BCUT2D eigenvalue weighted by Crippen LogP contribution is -2.10. The molecule has 16 heavy (non-hydrogen) atoms. The lowest BCUT2D eigenvalue weighted by atomic mass is 10.2. The van der Waals surface area contributed by atoms with E-state index in [1.54, 1.807) is 11.3 Å². The van der Waals surface area contributed by atoms with Gasteiger partial charge in [-0.15, -0.1) is 11.3 Å². The fourth-order valence-corrected chi connectivity index (χ4v) is 1.95. The van der Waals surface area contributed by atoms with E-state index in [4.69, 9.17) is 15.0 Å². The van der Waals surface area contributed by atoms with E-state index >= 15 is 0 Å². The van der Waals surface area contributed by atoms with Gasteiger partial charge in [0.25, 0.3) is 0 Å². The molecule has 0 spiro atoms. The van der Waals surface area contributed by atoms with E-state index in [0.717, 1.165) is 4.88 Å². The van der Waals surface area contributed by atoms with Crippen LogP contribution in [0.25, 0.3) is 0 Å². The predicted molar refractivity (Wildman–Crippen MR) is 60.0 cm³/mol. The van der Waals surface area contributed by atoms with E-state index in [1.807, 2.05) is 24.4 Å². The Morgan fingerprint density at radius 1 is 1.62 bits per heavy atom. The number of hydrogen-bond donors (Lipinski definition) is 1. The first-order valence-electron chi connectivity index (χ1n) is 5.00. The summed E-state index contributed by atoms with van der Waals surface area (Å²) in [4.78, 5) is 5.19. The van der Waals surface area contributed by atoms with Gasteiger partial charge in [0.1, 0.15) is 12.6 Å². The number of rotatable bonds is 5. The summed E-state index contributed by atoms with van der Waals surface area (Å²) in [6, 6.07) is 3.54. The van der Waals surface area contributed by atoms with Gasteiger partial charge < -0.3 is 15.0 Å². The van der Waals surface area contributed by atoms with Crippen LogP contribution in [0.2, 0.25) is 0 Å². The molecule has 6 heteroatoms. The van der Waals surface area contributed by atoms with Crippen LogP contribution >= 0.6 is 11.3 Å². The highest BCUT2D eigenvalue weighted by Gasteiger charge is 2.17. The normalized spacial score (nSPS) is 12.9. The average Bonchev–Trinajstić information content (AvgIpc) is 2.96. The molecule has 2 N–H and O–H groups in total. The first-order valence-corrected chi connectivity index (χ1v) is 5.88. The van der Waals surface area contributed by atoms with Crippen LogP contribution in [0.1, 0.15) is 29.6 Å². The average molecular weight is 239 g/mol. The summed E-state index contributed by atoms with van der Waals surface area (Å²) >= 11 is 1.57. The smallest absolute Gasteiger partial charge is 0.249 e. The molecule has 0 saturated heterocycles. The molecule has 0 aliphatic rings. The van der Waals surface area contributed by atoms with Gasteiger partial charge in [-0.3, -0.25) is 0 Å². The van der Waals surface area contributed by atoms with Crippen LogP contribution in [0.15, 0.2) is 22.0 Å². The Morgan fingerprint density at radius 2 is 2.50 bits per heavy atom. The summed E-state index contributed by atoms with van der Waals surface area (Å²) in [5.74, 6) is 0.959. The molecule has 86 valence electrons. The molecule has 0 aromatic carbocycles. The number of nitrogens with two attached hydrogens (primary N) is 1. The maximum Gasteiger partial charge on any atom is 0.249 e. The fraction of sp³-hybridized carbons (Fsp3) is 0.400. The SMILES string of the molecule is CCOCc1noc(C(N)c2cccs2)n1. The molecule has 2 heterocycles. The molecule has 0 radical (unpaired) electrons. The quantitative estimate of drug-likeness (QED) is 0.859. The monoisotopic (exact) mass is 239 g/mol. The van der Waals surface area contributed by atoms with Crippen molar-refractivity contribution in [2.75, 3.05) is 6.61 Å². The highest BCUT2D eigenvalue weighted by molar-refractivity contribution is 7.10. The number of thiophene rings is 1. The second-order valence-corrected chi connectivity index (χ2v) is 4.16. The van der Waals surface area contributed by atoms with Gasteiger partial charge in [0.2, 0.25) is 5.89 Å². The zero-order valence-electron chi connectivity index (χ0n) is 8.92. The Kier molecular flexibility index (Phi) is 3.66. The minimum absolute atomic E-state index is 0.345. The Morgan fingerprint density at radius 3 is 3.19 bits per heavy atom. The molecule has 1 atom stereocenters. The molecule has 0 amide bonds. The topological polar surface area (TPSA) is 74.2 Å². The van der Waals surface area contributed by atoms with E-state index in [1.165, 1.54) is 0 Å². The fourth-order valence-electron chi connectivity index (χ4n) is 1.24. The zero-order valence-corrected chi connectivity index (χ0v) is 9.74. The third kappa shape index (κ3) is 2.46. The maximum atomic E-state index is 5.98. The second-order valence-electron chi connectivity index (χ2n) is 3.18. The number of nitrogens with zero attached hydrogens (tertiary/aromatic N) is 2. The van der Waals surface area contributed by atoms with Crippen LogP contribution in [-0.4, -0.2) is 16.7 Å². The molecule has 0 aliphatic heterocycles. The molecule has 0 bridgehead atoms. The summed E-state index contributed by atoms with van der Waals surface area (Å²) < 4.78 is 10.3. The van der Waals surface area contributed by atoms with Crippen LogP contribution in [0.5, 0.6) is 0 Å². The van der Waals surface area contributed by atoms with Gasteiger partial charge in [-0.1, -0.05) is 11.2 Å². The summed E-state index contributed by atoms with van der Waals surface area (Å²) in [6.45, 7) is 2.90. The molecule has 0 aliphatic carbocycles. The summed E-state index contributed by atoms with van der Waals surface area (Å²) in [5, 5.41) is 5.76. The van der Waals surface area contributed by atoms with E-state index in [0.29, 0.717) is 24.9 Å². The lowest BCUT2D eigenvalue weighted by Gasteiger charge is -2.01. The standard InChI is InChI=1S/C10H13N3O2S/c1-2-14-6-8-12-10(15-13-8)9(11)7-4-3-5-16-7/h3-5,9H,2,6,11H2,1H3. The van der Waals surface area contributed by atoms with E-state index in [2.05, 4.69) is 10.1 Å². The van der Waals surface area contributed by atoms with E-state index < -0.39 is 0 Å². The van der Waals surface area contributed by atoms with Crippen molar-refractivity contribution in [2.24, 2.45) is 5.73 Å². The molecule has 2 aromatic heterocycles. The molecule has 2 rings (SSSR count). The van der Waals surface area contributed by atoms with Gasteiger partial charge >= 0.3 is 0 Å². The number of ether oxygens (including phenoxy) is 1.